The van der Waals surface area contributed by atoms with Gasteiger partial charge in [0.1, 0.15) is 0 Å². The third kappa shape index (κ3) is 26.3. The molecule has 4 heteroatoms. The molecule has 2 saturated carbocycles. The molecular weight excluding hydrogens is 387 g/mol. The van der Waals surface area contributed by atoms with Crippen molar-refractivity contribution in [1.29, 1.82) is 0 Å². The van der Waals surface area contributed by atoms with Crippen molar-refractivity contribution in [3.63, 3.8) is 0 Å². The summed E-state index contributed by atoms with van der Waals surface area (Å²) < 4.78 is 8.26. The van der Waals surface area contributed by atoms with E-state index in [0.717, 1.165) is 0 Å². The molecule has 2 rings (SSSR count). The molecule has 2 aliphatic carbocycles. The topological polar surface area (TPSA) is 17.1 Å². The first-order chi connectivity index (χ1) is 9.00. The fourth-order valence-corrected chi connectivity index (χ4v) is 1.53. The third-order valence-corrected chi connectivity index (χ3v) is 2.47. The van der Waals surface area contributed by atoms with Gasteiger partial charge in [0.15, 0.2) is 0 Å². The molecule has 122 valence electrons. The van der Waals surface area contributed by atoms with Gasteiger partial charge in [-0.05, 0) is 89.9 Å². The van der Waals surface area contributed by atoms with Crippen molar-refractivity contribution in [2.24, 2.45) is 0 Å². The Morgan fingerprint density at radius 1 is 0.524 bits per heavy atom. The number of hydrogen-bond acceptors (Lipinski definition) is 1. The minimum absolute atomic E-state index is 0. The molecule has 0 unspecified atom stereocenters. The number of halogens is 2. The van der Waals surface area contributed by atoms with E-state index in [9.17, 15) is 0 Å². The Morgan fingerprint density at radius 2 is 0.762 bits per heavy atom. The molecule has 0 N–H and O–H groups in total. The van der Waals surface area contributed by atoms with Crippen molar-refractivity contribution in [1.82, 2.24) is 0 Å². The van der Waals surface area contributed by atoms with Crippen LogP contribution in [0.4, 0.5) is 0 Å². The second kappa shape index (κ2) is 29.1. The summed E-state index contributed by atoms with van der Waals surface area (Å²) in [7, 11) is 0. The Hall–Kier alpha value is 1.07. The molecular formula is C17H28Cl2MoO. The summed E-state index contributed by atoms with van der Waals surface area (Å²) in [5.41, 5.74) is 0. The van der Waals surface area contributed by atoms with Crippen LogP contribution in [0.15, 0.2) is 0 Å². The fourth-order valence-electron chi connectivity index (χ4n) is 1.53. The number of hydrogen-bond donors (Lipinski definition) is 0. The van der Waals surface area contributed by atoms with E-state index in [1.165, 1.54) is 38.5 Å². The van der Waals surface area contributed by atoms with Crippen LogP contribution in [0, 0.1) is 64.2 Å². The summed E-state index contributed by atoms with van der Waals surface area (Å²) >= 11 is 0.700. The molecule has 2 aliphatic rings. The van der Waals surface area contributed by atoms with Crippen LogP contribution < -0.4 is 0 Å². The standard InChI is InChI=1S/2C8H11.CH4.2ClH.Mo.O/c2*1-2-4-6-8-7-5-3-1;;;;;/h2*1-5H,6-8H2;1H4;2*1H;;. The van der Waals surface area contributed by atoms with Gasteiger partial charge in [-0.15, -0.1) is 24.8 Å². The molecule has 1 nitrogen and oxygen atoms in total. The van der Waals surface area contributed by atoms with Gasteiger partial charge < -0.3 is 0 Å². The van der Waals surface area contributed by atoms with Crippen molar-refractivity contribution < 1.29 is 23.2 Å². The van der Waals surface area contributed by atoms with Crippen molar-refractivity contribution >= 4 is 24.8 Å². The average molecular weight is 415 g/mol. The molecule has 0 atom stereocenters. The minimum atomic E-state index is 0. The maximum atomic E-state index is 8.26. The first kappa shape index (κ1) is 30.0. The zero-order valence-electron chi connectivity index (χ0n) is 11.6. The van der Waals surface area contributed by atoms with Crippen LogP contribution in [0.1, 0.15) is 46.0 Å². The summed E-state index contributed by atoms with van der Waals surface area (Å²) in [5.74, 6) is 0. The van der Waals surface area contributed by atoms with Crippen LogP contribution in [0.25, 0.3) is 0 Å². The summed E-state index contributed by atoms with van der Waals surface area (Å²) in [6.07, 6.45) is 29.0. The van der Waals surface area contributed by atoms with E-state index in [1.807, 2.05) is 0 Å². The van der Waals surface area contributed by atoms with E-state index >= 15 is 0 Å². The van der Waals surface area contributed by atoms with Gasteiger partial charge in [-0.1, -0.05) is 20.3 Å². The zero-order chi connectivity index (χ0) is 13.3. The Kier molecular flexibility index (Phi) is 41.6. The van der Waals surface area contributed by atoms with E-state index in [0.29, 0.717) is 19.8 Å². The molecule has 0 aromatic rings. The quantitative estimate of drug-likeness (QED) is 0.461. The second-order valence-electron chi connectivity index (χ2n) is 3.96. The Morgan fingerprint density at radius 3 is 1.00 bits per heavy atom. The Balaban J connectivity index is -0.000000109. The first-order valence-corrected chi connectivity index (χ1v) is 7.29. The summed E-state index contributed by atoms with van der Waals surface area (Å²) in [4.78, 5) is 0. The van der Waals surface area contributed by atoms with Gasteiger partial charge in [-0.3, -0.25) is 0 Å². The molecule has 0 heterocycles. The molecule has 0 aliphatic heterocycles. The second-order valence-corrected chi connectivity index (χ2v) is 3.96. The molecule has 10 radical (unpaired) electrons. The Bertz CT molecular complexity index is 95.7. The molecule has 0 saturated heterocycles. The van der Waals surface area contributed by atoms with Gasteiger partial charge in [0.05, 0.1) is 0 Å². The third-order valence-electron chi connectivity index (χ3n) is 2.47. The molecule has 2 fully saturated rings. The predicted octanol–water partition coefficient (Wildman–Crippen LogP) is 5.74. The molecule has 21 heavy (non-hydrogen) atoms. The SMILES string of the molecule is C.Cl.Cl.[CH]1[CH][CH]CCC[CH][CH]1.[CH]1[CH][CH]CCC[CH][CH]1.[O]=[Mo]. The van der Waals surface area contributed by atoms with Crippen LogP contribution in [-0.4, -0.2) is 0 Å². The van der Waals surface area contributed by atoms with E-state index in [4.69, 9.17) is 3.40 Å². The van der Waals surface area contributed by atoms with Gasteiger partial charge in [0.25, 0.3) is 0 Å². The fraction of sp³-hybridized carbons (Fsp3) is 0.412. The summed E-state index contributed by atoms with van der Waals surface area (Å²) in [5, 5.41) is 0. The van der Waals surface area contributed by atoms with Gasteiger partial charge in [-0.2, -0.15) is 0 Å². The predicted molar refractivity (Wildman–Crippen MR) is 92.6 cm³/mol. The monoisotopic (exact) mass is 416 g/mol. The van der Waals surface area contributed by atoms with Gasteiger partial charge >= 0.3 is 23.2 Å². The summed E-state index contributed by atoms with van der Waals surface area (Å²) in [6, 6.07) is 0. The first-order valence-electron chi connectivity index (χ1n) is 6.47. The molecule has 0 aromatic heterocycles. The zero-order valence-corrected chi connectivity index (χ0v) is 15.3. The van der Waals surface area contributed by atoms with Gasteiger partial charge in [0, 0.05) is 0 Å². The van der Waals surface area contributed by atoms with Crippen molar-refractivity contribution in [2.45, 2.75) is 46.0 Å². The van der Waals surface area contributed by atoms with E-state index < -0.39 is 0 Å². The average Bonchev–Trinajstić information content (AvgIpc) is 2.30. The summed E-state index contributed by atoms with van der Waals surface area (Å²) in [6.45, 7) is 0. The van der Waals surface area contributed by atoms with Crippen LogP contribution >= 0.6 is 24.8 Å². The van der Waals surface area contributed by atoms with Gasteiger partial charge in [0.2, 0.25) is 0 Å². The van der Waals surface area contributed by atoms with Crippen LogP contribution in [0.5, 0.6) is 0 Å². The molecule has 0 amide bonds. The van der Waals surface area contributed by atoms with Crippen LogP contribution in [0.2, 0.25) is 0 Å². The van der Waals surface area contributed by atoms with Crippen molar-refractivity contribution in [3.05, 3.63) is 64.2 Å². The van der Waals surface area contributed by atoms with E-state index in [1.54, 1.807) is 0 Å². The van der Waals surface area contributed by atoms with Crippen LogP contribution in [0.3, 0.4) is 0 Å². The van der Waals surface area contributed by atoms with E-state index in [2.05, 4.69) is 64.2 Å². The van der Waals surface area contributed by atoms with Crippen LogP contribution in [-0.2, 0) is 23.2 Å². The van der Waals surface area contributed by atoms with Crippen molar-refractivity contribution in [2.75, 3.05) is 0 Å². The van der Waals surface area contributed by atoms with E-state index in [-0.39, 0.29) is 32.2 Å². The van der Waals surface area contributed by atoms with Gasteiger partial charge in [-0.25, -0.2) is 0 Å². The molecule has 0 aromatic carbocycles. The Labute approximate surface area is 157 Å². The number of rotatable bonds is 0. The maximum absolute atomic E-state index is 8.26. The molecule has 0 bridgehead atoms. The normalized spacial score (nSPS) is 18.5. The van der Waals surface area contributed by atoms with Crippen molar-refractivity contribution in [3.8, 4) is 0 Å². The molecule has 0 spiro atoms.